The zero-order valence-electron chi connectivity index (χ0n) is 9.64. The Morgan fingerprint density at radius 1 is 1.24 bits per heavy atom. The number of primary amides is 1. The molecule has 0 unspecified atom stereocenters. The summed E-state index contributed by atoms with van der Waals surface area (Å²) in [5.41, 5.74) is 13.8. The summed E-state index contributed by atoms with van der Waals surface area (Å²) in [4.78, 5) is 11.0. The number of carbonyl (C=O) groups is 1. The van der Waals surface area contributed by atoms with E-state index < -0.39 is 5.91 Å². The Kier molecular flexibility index (Phi) is 2.55. The number of nitrogen functional groups attached to an aromatic ring is 1. The van der Waals surface area contributed by atoms with Gasteiger partial charge in [-0.1, -0.05) is 11.3 Å². The molecule has 88 valence electrons. The molecule has 17 heavy (non-hydrogen) atoms. The zero-order valence-corrected chi connectivity index (χ0v) is 9.64. The van der Waals surface area contributed by atoms with Crippen molar-refractivity contribution in [2.45, 2.75) is 13.8 Å². The number of aryl methyl sites for hydroxylation is 2. The molecule has 0 aliphatic carbocycles. The van der Waals surface area contributed by atoms with Crippen molar-refractivity contribution in [2.24, 2.45) is 5.73 Å². The fourth-order valence-electron chi connectivity index (χ4n) is 1.73. The van der Waals surface area contributed by atoms with E-state index >= 15 is 0 Å². The van der Waals surface area contributed by atoms with Gasteiger partial charge in [0.1, 0.15) is 0 Å². The summed E-state index contributed by atoms with van der Waals surface area (Å²) in [5, 5.41) is 7.49. The average molecular weight is 231 g/mol. The molecule has 0 radical (unpaired) electrons. The second kappa shape index (κ2) is 3.89. The minimum atomic E-state index is -0.682. The van der Waals surface area contributed by atoms with E-state index in [0.717, 1.165) is 16.8 Å². The number of anilines is 1. The molecule has 6 heteroatoms. The third-order valence-corrected chi connectivity index (χ3v) is 2.39. The number of hydrogen-bond donors (Lipinski definition) is 2. The van der Waals surface area contributed by atoms with Crippen LogP contribution in [0, 0.1) is 13.8 Å². The lowest BCUT2D eigenvalue weighted by Gasteiger charge is -2.05. The molecule has 0 aliphatic heterocycles. The van der Waals surface area contributed by atoms with E-state index in [1.54, 1.807) is 0 Å². The summed E-state index contributed by atoms with van der Waals surface area (Å²) in [6.07, 6.45) is 0. The molecule has 0 atom stereocenters. The first kappa shape index (κ1) is 11.1. The van der Waals surface area contributed by atoms with E-state index in [4.69, 9.17) is 11.5 Å². The first-order valence-electron chi connectivity index (χ1n) is 5.08. The van der Waals surface area contributed by atoms with Gasteiger partial charge in [0.05, 0.1) is 5.69 Å². The fraction of sp³-hybridized carbons (Fsp3) is 0.182. The maximum atomic E-state index is 11.0. The number of carbonyl (C=O) groups excluding carboxylic acids is 1. The van der Waals surface area contributed by atoms with E-state index in [9.17, 15) is 4.79 Å². The van der Waals surface area contributed by atoms with Crippen LogP contribution in [-0.4, -0.2) is 20.9 Å². The topological polar surface area (TPSA) is 99.8 Å². The Morgan fingerprint density at radius 3 is 2.29 bits per heavy atom. The van der Waals surface area contributed by atoms with Gasteiger partial charge in [-0.15, -0.1) is 5.10 Å². The van der Waals surface area contributed by atoms with Crippen molar-refractivity contribution >= 4 is 11.7 Å². The van der Waals surface area contributed by atoms with Crippen molar-refractivity contribution in [2.75, 3.05) is 5.73 Å². The van der Waals surface area contributed by atoms with Crippen molar-refractivity contribution in [1.82, 2.24) is 15.0 Å². The third kappa shape index (κ3) is 1.96. The van der Waals surface area contributed by atoms with Crippen molar-refractivity contribution in [3.8, 4) is 5.69 Å². The standard InChI is InChI=1S/C11H13N5O/c1-6-3-7(2)5-8(4-6)16-10(12)9(11(13)17)14-15-16/h3-5H,12H2,1-2H3,(H2,13,17). The van der Waals surface area contributed by atoms with Crippen molar-refractivity contribution in [3.63, 3.8) is 0 Å². The normalized spacial score (nSPS) is 10.5. The number of rotatable bonds is 2. The average Bonchev–Trinajstić information content (AvgIpc) is 2.58. The monoisotopic (exact) mass is 231 g/mol. The quantitative estimate of drug-likeness (QED) is 0.788. The van der Waals surface area contributed by atoms with Gasteiger partial charge >= 0.3 is 0 Å². The summed E-state index contributed by atoms with van der Waals surface area (Å²) >= 11 is 0. The van der Waals surface area contributed by atoms with Crippen LogP contribution in [0.15, 0.2) is 18.2 Å². The Labute approximate surface area is 98.2 Å². The lowest BCUT2D eigenvalue weighted by atomic mass is 10.1. The van der Waals surface area contributed by atoms with Crippen LogP contribution in [0.2, 0.25) is 0 Å². The van der Waals surface area contributed by atoms with Gasteiger partial charge in [-0.2, -0.15) is 4.68 Å². The van der Waals surface area contributed by atoms with E-state index in [0.29, 0.717) is 0 Å². The maximum absolute atomic E-state index is 11.0. The SMILES string of the molecule is Cc1cc(C)cc(-n2nnc(C(N)=O)c2N)c1. The smallest absolute Gasteiger partial charge is 0.273 e. The number of nitrogens with zero attached hydrogens (tertiary/aromatic N) is 3. The fourth-order valence-corrected chi connectivity index (χ4v) is 1.73. The van der Waals surface area contributed by atoms with Crippen LogP contribution >= 0.6 is 0 Å². The molecule has 1 aromatic carbocycles. The first-order valence-corrected chi connectivity index (χ1v) is 5.08. The number of aromatic nitrogens is 3. The first-order chi connectivity index (χ1) is 7.99. The van der Waals surface area contributed by atoms with E-state index in [2.05, 4.69) is 10.3 Å². The number of benzene rings is 1. The van der Waals surface area contributed by atoms with Gasteiger partial charge in [0.25, 0.3) is 5.91 Å². The molecule has 2 rings (SSSR count). The number of amides is 1. The predicted molar refractivity (Wildman–Crippen MR) is 63.8 cm³/mol. The summed E-state index contributed by atoms with van der Waals surface area (Å²) in [7, 11) is 0. The molecule has 0 saturated carbocycles. The van der Waals surface area contributed by atoms with E-state index in [1.165, 1.54) is 4.68 Å². The van der Waals surface area contributed by atoms with Crippen molar-refractivity contribution in [1.29, 1.82) is 0 Å². The highest BCUT2D eigenvalue weighted by molar-refractivity contribution is 5.95. The molecule has 0 bridgehead atoms. The van der Waals surface area contributed by atoms with Crippen LogP contribution in [0.1, 0.15) is 21.6 Å². The van der Waals surface area contributed by atoms with Crippen LogP contribution in [0.25, 0.3) is 5.69 Å². The Balaban J connectivity index is 2.57. The molecular formula is C11H13N5O. The van der Waals surface area contributed by atoms with Crippen LogP contribution in [0.3, 0.4) is 0 Å². The highest BCUT2D eigenvalue weighted by Crippen LogP contribution is 2.17. The van der Waals surface area contributed by atoms with Gasteiger partial charge in [-0.3, -0.25) is 4.79 Å². The third-order valence-electron chi connectivity index (χ3n) is 2.39. The second-order valence-corrected chi connectivity index (χ2v) is 3.95. The van der Waals surface area contributed by atoms with Gasteiger partial charge in [0.2, 0.25) is 0 Å². The summed E-state index contributed by atoms with van der Waals surface area (Å²) < 4.78 is 1.40. The minimum absolute atomic E-state index is 0.0100. The van der Waals surface area contributed by atoms with Gasteiger partial charge in [-0.05, 0) is 37.1 Å². The molecule has 4 N–H and O–H groups in total. The molecule has 0 saturated heterocycles. The van der Waals surface area contributed by atoms with Crippen molar-refractivity contribution < 1.29 is 4.79 Å². The summed E-state index contributed by atoms with van der Waals surface area (Å²) in [6, 6.07) is 5.84. The largest absolute Gasteiger partial charge is 0.382 e. The van der Waals surface area contributed by atoms with Crippen LogP contribution < -0.4 is 11.5 Å². The molecule has 0 spiro atoms. The number of hydrogen-bond acceptors (Lipinski definition) is 4. The highest BCUT2D eigenvalue weighted by atomic mass is 16.1. The van der Waals surface area contributed by atoms with E-state index in [1.807, 2.05) is 32.0 Å². The molecule has 1 aromatic heterocycles. The lowest BCUT2D eigenvalue weighted by Crippen LogP contribution is -2.14. The van der Waals surface area contributed by atoms with Crippen LogP contribution in [0.4, 0.5) is 5.82 Å². The highest BCUT2D eigenvalue weighted by Gasteiger charge is 2.15. The Hall–Kier alpha value is -2.37. The minimum Gasteiger partial charge on any atom is -0.382 e. The predicted octanol–water partition coefficient (Wildman–Crippen LogP) is 0.565. The Morgan fingerprint density at radius 2 is 1.82 bits per heavy atom. The van der Waals surface area contributed by atoms with Gasteiger partial charge < -0.3 is 11.5 Å². The lowest BCUT2D eigenvalue weighted by molar-refractivity contribution is 0.0996. The molecule has 1 heterocycles. The second-order valence-electron chi connectivity index (χ2n) is 3.95. The van der Waals surface area contributed by atoms with Crippen LogP contribution in [0.5, 0.6) is 0 Å². The van der Waals surface area contributed by atoms with Gasteiger partial charge in [0, 0.05) is 0 Å². The summed E-state index contributed by atoms with van der Waals surface area (Å²) in [6.45, 7) is 3.94. The van der Waals surface area contributed by atoms with Crippen LogP contribution in [-0.2, 0) is 0 Å². The molecular weight excluding hydrogens is 218 g/mol. The maximum Gasteiger partial charge on any atom is 0.273 e. The Bertz CT molecular complexity index is 567. The summed E-state index contributed by atoms with van der Waals surface area (Å²) in [5.74, 6) is -0.527. The zero-order chi connectivity index (χ0) is 12.6. The molecule has 0 fully saturated rings. The molecule has 2 aromatic rings. The van der Waals surface area contributed by atoms with E-state index in [-0.39, 0.29) is 11.5 Å². The van der Waals surface area contributed by atoms with Crippen molar-refractivity contribution in [3.05, 3.63) is 35.0 Å². The van der Waals surface area contributed by atoms with Gasteiger partial charge in [-0.25, -0.2) is 0 Å². The molecule has 6 nitrogen and oxygen atoms in total. The van der Waals surface area contributed by atoms with Gasteiger partial charge in [0.15, 0.2) is 11.5 Å². The molecule has 0 aliphatic rings. The number of nitrogens with two attached hydrogens (primary N) is 2. The molecule has 1 amide bonds.